The van der Waals surface area contributed by atoms with Crippen molar-refractivity contribution in [1.29, 1.82) is 0 Å². The molecule has 0 unspecified atom stereocenters. The predicted octanol–water partition coefficient (Wildman–Crippen LogP) is 3.62. The summed E-state index contributed by atoms with van der Waals surface area (Å²) in [5.74, 6) is -0.202. The van der Waals surface area contributed by atoms with Gasteiger partial charge >= 0.3 is 0 Å². The summed E-state index contributed by atoms with van der Waals surface area (Å²) in [6.45, 7) is 2.71. The van der Waals surface area contributed by atoms with E-state index in [1.807, 2.05) is 26.2 Å². The molecule has 0 radical (unpaired) electrons. The molecule has 0 aliphatic rings. The van der Waals surface area contributed by atoms with E-state index < -0.39 is 0 Å². The summed E-state index contributed by atoms with van der Waals surface area (Å²) in [6, 6.07) is 13.2. The lowest BCUT2D eigenvalue weighted by Crippen LogP contribution is -2.15. The van der Waals surface area contributed by atoms with Crippen molar-refractivity contribution < 1.29 is 4.39 Å². The van der Waals surface area contributed by atoms with E-state index in [1.54, 1.807) is 6.07 Å². The Kier molecular flexibility index (Phi) is 4.17. The van der Waals surface area contributed by atoms with Gasteiger partial charge in [0.1, 0.15) is 5.82 Å². The smallest absolute Gasteiger partial charge is 0.123 e. The number of hydrogen-bond acceptors (Lipinski definition) is 2. The highest BCUT2D eigenvalue weighted by Crippen LogP contribution is 2.28. The molecule has 100 valence electrons. The molecule has 2 aromatic rings. The third kappa shape index (κ3) is 3.12. The zero-order chi connectivity index (χ0) is 13.8. The Bertz CT molecular complexity index is 566. The molecule has 1 N–H and O–H groups in total. The first kappa shape index (κ1) is 13.6. The Hall–Kier alpha value is -1.87. The first-order valence-electron chi connectivity index (χ1n) is 6.35. The molecule has 0 fully saturated rings. The zero-order valence-electron chi connectivity index (χ0n) is 11.6. The Balaban J connectivity index is 2.40. The Labute approximate surface area is 113 Å². The molecule has 0 saturated carbocycles. The van der Waals surface area contributed by atoms with Crippen LogP contribution in [0.1, 0.15) is 11.1 Å². The highest BCUT2D eigenvalue weighted by atomic mass is 19.1. The SMILES string of the molecule is CNCc1cc(F)ccc1N(C)c1cccc(C)c1. The van der Waals surface area contributed by atoms with Crippen molar-refractivity contribution >= 4 is 11.4 Å². The first-order valence-corrected chi connectivity index (χ1v) is 6.35. The quantitative estimate of drug-likeness (QED) is 0.901. The molecule has 19 heavy (non-hydrogen) atoms. The molecule has 0 heterocycles. The summed E-state index contributed by atoms with van der Waals surface area (Å²) < 4.78 is 13.4. The molecule has 2 nitrogen and oxygen atoms in total. The predicted molar refractivity (Wildman–Crippen MR) is 78.4 cm³/mol. The van der Waals surface area contributed by atoms with E-state index in [2.05, 4.69) is 35.3 Å². The number of benzene rings is 2. The summed E-state index contributed by atoms with van der Waals surface area (Å²) in [4.78, 5) is 2.08. The lowest BCUT2D eigenvalue weighted by molar-refractivity contribution is 0.624. The molecule has 3 heteroatoms. The fourth-order valence-electron chi connectivity index (χ4n) is 2.19. The maximum Gasteiger partial charge on any atom is 0.123 e. The summed E-state index contributed by atoms with van der Waals surface area (Å²) in [5.41, 5.74) is 4.28. The Morgan fingerprint density at radius 2 is 1.95 bits per heavy atom. The van der Waals surface area contributed by atoms with Gasteiger partial charge in [-0.3, -0.25) is 0 Å². The zero-order valence-corrected chi connectivity index (χ0v) is 11.6. The lowest BCUT2D eigenvalue weighted by atomic mass is 10.1. The topological polar surface area (TPSA) is 15.3 Å². The molecular weight excluding hydrogens is 239 g/mol. The highest BCUT2D eigenvalue weighted by molar-refractivity contribution is 5.66. The normalized spacial score (nSPS) is 10.5. The van der Waals surface area contributed by atoms with Gasteiger partial charge in [-0.25, -0.2) is 4.39 Å². The number of nitrogens with zero attached hydrogens (tertiary/aromatic N) is 1. The van der Waals surface area contributed by atoms with Crippen molar-refractivity contribution in [3.05, 3.63) is 59.4 Å². The van der Waals surface area contributed by atoms with Crippen LogP contribution in [0.4, 0.5) is 15.8 Å². The lowest BCUT2D eigenvalue weighted by Gasteiger charge is -2.23. The number of nitrogens with one attached hydrogen (secondary N) is 1. The third-order valence-electron chi connectivity index (χ3n) is 3.16. The average molecular weight is 258 g/mol. The van der Waals surface area contributed by atoms with Gasteiger partial charge in [0, 0.05) is 25.0 Å². The van der Waals surface area contributed by atoms with E-state index >= 15 is 0 Å². The molecule has 0 aliphatic heterocycles. The van der Waals surface area contributed by atoms with Gasteiger partial charge in [-0.15, -0.1) is 0 Å². The van der Waals surface area contributed by atoms with Crippen LogP contribution < -0.4 is 10.2 Å². The first-order chi connectivity index (χ1) is 9.11. The van der Waals surface area contributed by atoms with Gasteiger partial charge in [0.05, 0.1) is 0 Å². The largest absolute Gasteiger partial charge is 0.344 e. The summed E-state index contributed by atoms with van der Waals surface area (Å²) in [5, 5.41) is 3.08. The van der Waals surface area contributed by atoms with Crippen LogP contribution >= 0.6 is 0 Å². The fourth-order valence-corrected chi connectivity index (χ4v) is 2.19. The van der Waals surface area contributed by atoms with Crippen molar-refractivity contribution in [3.63, 3.8) is 0 Å². The molecular formula is C16H19FN2. The second kappa shape index (κ2) is 5.85. The molecule has 0 aliphatic carbocycles. The third-order valence-corrected chi connectivity index (χ3v) is 3.16. The Morgan fingerprint density at radius 3 is 2.63 bits per heavy atom. The summed E-state index contributed by atoms with van der Waals surface area (Å²) in [7, 11) is 3.86. The molecule has 0 aromatic heterocycles. The number of halogens is 1. The average Bonchev–Trinajstić information content (AvgIpc) is 2.39. The van der Waals surface area contributed by atoms with Crippen LogP contribution in [0.2, 0.25) is 0 Å². The Morgan fingerprint density at radius 1 is 1.16 bits per heavy atom. The second-order valence-corrected chi connectivity index (χ2v) is 4.70. The second-order valence-electron chi connectivity index (χ2n) is 4.70. The van der Waals surface area contributed by atoms with Gasteiger partial charge in [0.15, 0.2) is 0 Å². The number of rotatable bonds is 4. The van der Waals surface area contributed by atoms with Gasteiger partial charge < -0.3 is 10.2 Å². The van der Waals surface area contributed by atoms with Crippen molar-refractivity contribution in [2.24, 2.45) is 0 Å². The molecule has 2 rings (SSSR count). The number of aryl methyl sites for hydroxylation is 1. The van der Waals surface area contributed by atoms with Gasteiger partial charge in [0.2, 0.25) is 0 Å². The van der Waals surface area contributed by atoms with Crippen LogP contribution in [-0.2, 0) is 6.54 Å². The monoisotopic (exact) mass is 258 g/mol. The fraction of sp³-hybridized carbons (Fsp3) is 0.250. The van der Waals surface area contributed by atoms with Crippen LogP contribution in [0.25, 0.3) is 0 Å². The molecule has 0 atom stereocenters. The molecule has 0 bridgehead atoms. The van der Waals surface area contributed by atoms with Gasteiger partial charge in [-0.1, -0.05) is 12.1 Å². The van der Waals surface area contributed by atoms with E-state index in [4.69, 9.17) is 0 Å². The van der Waals surface area contributed by atoms with Crippen molar-refractivity contribution in [1.82, 2.24) is 5.32 Å². The molecule has 0 spiro atoms. The molecule has 0 saturated heterocycles. The maximum absolute atomic E-state index is 13.4. The van der Waals surface area contributed by atoms with Crippen LogP contribution in [0, 0.1) is 12.7 Å². The van der Waals surface area contributed by atoms with E-state index in [9.17, 15) is 4.39 Å². The highest BCUT2D eigenvalue weighted by Gasteiger charge is 2.10. The van der Waals surface area contributed by atoms with Crippen LogP contribution in [-0.4, -0.2) is 14.1 Å². The van der Waals surface area contributed by atoms with E-state index in [0.29, 0.717) is 6.54 Å². The van der Waals surface area contributed by atoms with E-state index in [-0.39, 0.29) is 5.82 Å². The minimum absolute atomic E-state index is 0.202. The van der Waals surface area contributed by atoms with Crippen LogP contribution in [0.5, 0.6) is 0 Å². The van der Waals surface area contributed by atoms with Crippen LogP contribution in [0.3, 0.4) is 0 Å². The van der Waals surface area contributed by atoms with Crippen molar-refractivity contribution in [2.45, 2.75) is 13.5 Å². The minimum Gasteiger partial charge on any atom is -0.344 e. The summed E-state index contributed by atoms with van der Waals surface area (Å²) >= 11 is 0. The molecule has 2 aromatic carbocycles. The van der Waals surface area contributed by atoms with E-state index in [1.165, 1.54) is 11.6 Å². The standard InChI is InChI=1S/C16H19FN2/c1-12-5-4-6-15(9-12)19(3)16-8-7-14(17)10-13(16)11-18-2/h4-10,18H,11H2,1-3H3. The number of hydrogen-bond donors (Lipinski definition) is 1. The van der Waals surface area contributed by atoms with Crippen LogP contribution in [0.15, 0.2) is 42.5 Å². The number of anilines is 2. The van der Waals surface area contributed by atoms with Gasteiger partial charge in [0.25, 0.3) is 0 Å². The van der Waals surface area contributed by atoms with E-state index in [0.717, 1.165) is 16.9 Å². The van der Waals surface area contributed by atoms with Gasteiger partial charge in [-0.05, 0) is 55.4 Å². The maximum atomic E-state index is 13.4. The van der Waals surface area contributed by atoms with Gasteiger partial charge in [-0.2, -0.15) is 0 Å². The molecule has 0 amide bonds. The minimum atomic E-state index is -0.202. The van der Waals surface area contributed by atoms with Crippen molar-refractivity contribution in [2.75, 3.05) is 19.0 Å². The summed E-state index contributed by atoms with van der Waals surface area (Å²) in [6.07, 6.45) is 0. The van der Waals surface area contributed by atoms with Crippen molar-refractivity contribution in [3.8, 4) is 0 Å².